The number of nitrogen functional groups attached to an aromatic ring is 1. The lowest BCUT2D eigenvalue weighted by atomic mass is 10.0. The zero-order valence-corrected chi connectivity index (χ0v) is 9.96. The van der Waals surface area contributed by atoms with Crippen LogP contribution in [0.1, 0.15) is 0 Å². The van der Waals surface area contributed by atoms with Gasteiger partial charge in [0.25, 0.3) is 0 Å². The Morgan fingerprint density at radius 1 is 1.18 bits per heavy atom. The highest BCUT2D eigenvalue weighted by atomic mass is 35.5. The van der Waals surface area contributed by atoms with Gasteiger partial charge in [-0.3, -0.25) is 0 Å². The van der Waals surface area contributed by atoms with E-state index in [9.17, 15) is 4.39 Å². The fourth-order valence-corrected chi connectivity index (χ4v) is 1.71. The van der Waals surface area contributed by atoms with Crippen molar-refractivity contribution in [2.75, 3.05) is 12.8 Å². The Hall–Kier alpha value is -1.74. The predicted octanol–water partition coefficient (Wildman–Crippen LogP) is 3.74. The molecule has 0 amide bonds. The fraction of sp³-hybridized carbons (Fsp3) is 0.0769. The predicted molar refractivity (Wildman–Crippen MR) is 67.8 cm³/mol. The van der Waals surface area contributed by atoms with Crippen LogP contribution in [0.25, 0.3) is 11.1 Å². The third-order valence-electron chi connectivity index (χ3n) is 2.49. The first-order valence-electron chi connectivity index (χ1n) is 5.01. The van der Waals surface area contributed by atoms with Crippen molar-refractivity contribution in [3.05, 3.63) is 47.2 Å². The van der Waals surface area contributed by atoms with Crippen LogP contribution in [0.15, 0.2) is 36.4 Å². The Bertz CT molecular complexity index is 540. The van der Waals surface area contributed by atoms with E-state index < -0.39 is 5.82 Å². The first kappa shape index (κ1) is 11.7. The second kappa shape index (κ2) is 4.63. The molecule has 2 nitrogen and oxygen atoms in total. The maximum Gasteiger partial charge on any atom is 0.132 e. The normalized spacial score (nSPS) is 10.3. The molecule has 2 rings (SSSR count). The van der Waals surface area contributed by atoms with E-state index in [1.54, 1.807) is 31.4 Å². The highest BCUT2D eigenvalue weighted by Crippen LogP contribution is 2.30. The maximum absolute atomic E-state index is 13.7. The molecule has 0 aliphatic rings. The smallest absolute Gasteiger partial charge is 0.132 e. The van der Waals surface area contributed by atoms with E-state index in [1.165, 1.54) is 12.1 Å². The third kappa shape index (κ3) is 2.34. The number of hydrogen-bond acceptors (Lipinski definition) is 2. The van der Waals surface area contributed by atoms with Crippen LogP contribution < -0.4 is 10.5 Å². The molecule has 0 saturated heterocycles. The summed E-state index contributed by atoms with van der Waals surface area (Å²) < 4.78 is 18.8. The summed E-state index contributed by atoms with van der Waals surface area (Å²) >= 11 is 5.74. The highest BCUT2D eigenvalue weighted by molar-refractivity contribution is 6.33. The van der Waals surface area contributed by atoms with Crippen LogP contribution in [-0.2, 0) is 0 Å². The molecule has 0 atom stereocenters. The summed E-state index contributed by atoms with van der Waals surface area (Å²) in [5.74, 6) is 0.325. The van der Waals surface area contributed by atoms with Crippen LogP contribution in [0.2, 0.25) is 5.02 Å². The quantitative estimate of drug-likeness (QED) is 0.826. The molecule has 0 bridgehead atoms. The number of methoxy groups -OCH3 is 1. The molecule has 2 aromatic rings. The summed E-state index contributed by atoms with van der Waals surface area (Å²) in [7, 11) is 1.58. The molecule has 2 aromatic carbocycles. The van der Waals surface area contributed by atoms with Crippen LogP contribution in [0.4, 0.5) is 10.1 Å². The van der Waals surface area contributed by atoms with Gasteiger partial charge in [-0.1, -0.05) is 23.7 Å². The molecule has 88 valence electrons. The van der Waals surface area contributed by atoms with E-state index in [2.05, 4.69) is 0 Å². The molecule has 0 aliphatic carbocycles. The van der Waals surface area contributed by atoms with Crippen molar-refractivity contribution >= 4 is 17.3 Å². The van der Waals surface area contributed by atoms with Crippen LogP contribution in [0, 0.1) is 5.82 Å². The number of nitrogens with two attached hydrogens (primary N) is 1. The number of ether oxygens (including phenoxy) is 1. The van der Waals surface area contributed by atoms with Gasteiger partial charge in [-0.2, -0.15) is 0 Å². The number of hydrogen-bond donors (Lipinski definition) is 1. The van der Waals surface area contributed by atoms with Gasteiger partial charge in [0.1, 0.15) is 11.6 Å². The van der Waals surface area contributed by atoms with Crippen molar-refractivity contribution in [3.8, 4) is 16.9 Å². The zero-order valence-electron chi connectivity index (χ0n) is 9.21. The Balaban J connectivity index is 2.48. The molecule has 0 unspecified atom stereocenters. The molecule has 4 heteroatoms. The summed E-state index contributed by atoms with van der Waals surface area (Å²) in [6.07, 6.45) is 0. The average Bonchev–Trinajstić information content (AvgIpc) is 2.34. The molecule has 0 saturated carbocycles. The SMILES string of the molecule is COc1ccc(-c2cc(N)c(Cl)cc2F)cc1. The van der Waals surface area contributed by atoms with Crippen LogP contribution >= 0.6 is 11.6 Å². The van der Waals surface area contributed by atoms with E-state index in [-0.39, 0.29) is 5.02 Å². The second-order valence-electron chi connectivity index (χ2n) is 3.58. The summed E-state index contributed by atoms with van der Waals surface area (Å²) in [5, 5.41) is 0.222. The number of benzene rings is 2. The molecule has 17 heavy (non-hydrogen) atoms. The molecule has 0 radical (unpaired) electrons. The Morgan fingerprint density at radius 2 is 1.82 bits per heavy atom. The molecule has 2 N–H and O–H groups in total. The minimum atomic E-state index is -0.394. The zero-order chi connectivity index (χ0) is 12.4. The van der Waals surface area contributed by atoms with Crippen LogP contribution in [-0.4, -0.2) is 7.11 Å². The largest absolute Gasteiger partial charge is 0.497 e. The Kier molecular flexibility index (Phi) is 3.20. The van der Waals surface area contributed by atoms with Gasteiger partial charge in [0.05, 0.1) is 17.8 Å². The fourth-order valence-electron chi connectivity index (χ4n) is 1.56. The monoisotopic (exact) mass is 251 g/mol. The van der Waals surface area contributed by atoms with Crippen LogP contribution in [0.3, 0.4) is 0 Å². The highest BCUT2D eigenvalue weighted by Gasteiger charge is 2.08. The molecule has 0 spiro atoms. The Labute approximate surface area is 104 Å². The first-order valence-corrected chi connectivity index (χ1v) is 5.38. The van der Waals surface area contributed by atoms with Crippen molar-refractivity contribution in [3.63, 3.8) is 0 Å². The molecule has 0 aliphatic heterocycles. The van der Waals surface area contributed by atoms with Crippen molar-refractivity contribution in [2.45, 2.75) is 0 Å². The van der Waals surface area contributed by atoms with E-state index in [1.807, 2.05) is 0 Å². The van der Waals surface area contributed by atoms with E-state index in [0.717, 1.165) is 11.3 Å². The maximum atomic E-state index is 13.7. The number of anilines is 1. The van der Waals surface area contributed by atoms with Gasteiger partial charge < -0.3 is 10.5 Å². The van der Waals surface area contributed by atoms with E-state index >= 15 is 0 Å². The van der Waals surface area contributed by atoms with Crippen molar-refractivity contribution in [1.29, 1.82) is 0 Å². The molecule has 0 aromatic heterocycles. The van der Waals surface area contributed by atoms with Gasteiger partial charge in [0.15, 0.2) is 0 Å². The lowest BCUT2D eigenvalue weighted by Crippen LogP contribution is -1.91. The molecular weight excluding hydrogens is 241 g/mol. The average molecular weight is 252 g/mol. The molecular formula is C13H11ClFNO. The van der Waals surface area contributed by atoms with Gasteiger partial charge >= 0.3 is 0 Å². The summed E-state index contributed by atoms with van der Waals surface area (Å²) in [4.78, 5) is 0. The van der Waals surface area contributed by atoms with E-state index in [0.29, 0.717) is 11.3 Å². The summed E-state index contributed by atoms with van der Waals surface area (Å²) in [5.41, 5.74) is 7.17. The lowest BCUT2D eigenvalue weighted by molar-refractivity contribution is 0.415. The van der Waals surface area contributed by atoms with Crippen molar-refractivity contribution in [2.24, 2.45) is 0 Å². The summed E-state index contributed by atoms with van der Waals surface area (Å²) in [6, 6.07) is 9.81. The van der Waals surface area contributed by atoms with E-state index in [4.69, 9.17) is 22.1 Å². The van der Waals surface area contributed by atoms with Gasteiger partial charge in [0, 0.05) is 5.56 Å². The minimum absolute atomic E-state index is 0.222. The first-order chi connectivity index (χ1) is 8.11. The van der Waals surface area contributed by atoms with Gasteiger partial charge in [-0.05, 0) is 29.8 Å². The van der Waals surface area contributed by atoms with Crippen molar-refractivity contribution < 1.29 is 9.13 Å². The van der Waals surface area contributed by atoms with Gasteiger partial charge in [-0.15, -0.1) is 0 Å². The number of rotatable bonds is 2. The minimum Gasteiger partial charge on any atom is -0.497 e. The topological polar surface area (TPSA) is 35.2 Å². The number of halogens is 2. The lowest BCUT2D eigenvalue weighted by Gasteiger charge is -2.07. The molecule has 0 heterocycles. The third-order valence-corrected chi connectivity index (χ3v) is 2.81. The second-order valence-corrected chi connectivity index (χ2v) is 3.99. The standard InChI is InChI=1S/C13H11ClFNO/c1-17-9-4-2-8(3-5-9)10-6-13(16)11(14)7-12(10)15/h2-7H,16H2,1H3. The summed E-state index contributed by atoms with van der Waals surface area (Å²) in [6.45, 7) is 0. The van der Waals surface area contributed by atoms with Crippen LogP contribution in [0.5, 0.6) is 5.75 Å². The van der Waals surface area contributed by atoms with Crippen molar-refractivity contribution in [1.82, 2.24) is 0 Å². The molecule has 0 fully saturated rings. The van der Waals surface area contributed by atoms with Gasteiger partial charge in [-0.25, -0.2) is 4.39 Å². The Morgan fingerprint density at radius 3 is 2.41 bits per heavy atom. The van der Waals surface area contributed by atoms with Gasteiger partial charge in [0.2, 0.25) is 0 Å².